The highest BCUT2D eigenvalue weighted by Gasteiger charge is 2.40. The molecule has 6 heteroatoms. The molecule has 0 saturated heterocycles. The maximum atomic E-state index is 12.1. The minimum absolute atomic E-state index is 0.00362. The molecule has 0 saturated carbocycles. The number of nitrogen functional groups attached to an aromatic ring is 1. The number of aliphatic imine (C=N–C) groups is 1. The van der Waals surface area contributed by atoms with Crippen molar-refractivity contribution < 1.29 is 4.79 Å². The lowest BCUT2D eigenvalue weighted by Gasteiger charge is -2.33. The van der Waals surface area contributed by atoms with Crippen molar-refractivity contribution in [3.63, 3.8) is 0 Å². The van der Waals surface area contributed by atoms with Crippen molar-refractivity contribution in [3.8, 4) is 0 Å². The summed E-state index contributed by atoms with van der Waals surface area (Å²) in [4.78, 5) is 19.2. The predicted molar refractivity (Wildman–Crippen MR) is 91.6 cm³/mol. The average molecular weight is 316 g/mol. The molecule has 0 spiro atoms. The number of hydrogen-bond donors (Lipinski definition) is 2. The zero-order valence-electron chi connectivity index (χ0n) is 12.7. The molecule has 1 aromatic rings. The summed E-state index contributed by atoms with van der Waals surface area (Å²) < 4.78 is 0. The first-order valence-electron chi connectivity index (χ1n) is 7.21. The third kappa shape index (κ3) is 2.59. The van der Waals surface area contributed by atoms with E-state index in [1.807, 2.05) is 25.1 Å². The lowest BCUT2D eigenvalue weighted by Crippen LogP contribution is -2.48. The van der Waals surface area contributed by atoms with Crippen molar-refractivity contribution in [2.24, 2.45) is 10.7 Å². The molecule has 0 fully saturated rings. The van der Waals surface area contributed by atoms with Crippen LogP contribution in [0.15, 0.2) is 40.2 Å². The van der Waals surface area contributed by atoms with Crippen LogP contribution in [0.5, 0.6) is 0 Å². The number of thioether (sulfide) groups is 1. The standard InChI is InChI=1S/C16H20N4OS/c1-16(8-14(21)20(2)15(18)19-16)13-7-11(9-22-13)10-4-3-5-12(17)6-10/h3-7,11H,8-9,17H2,1-2H3,(H2,18,19)/t11?,16-/m0/s1. The van der Waals surface area contributed by atoms with Gasteiger partial charge in [0.25, 0.3) is 0 Å². The molecule has 2 atom stereocenters. The number of benzene rings is 1. The number of carbonyl (C=O) groups is 1. The topological polar surface area (TPSA) is 84.7 Å². The van der Waals surface area contributed by atoms with Gasteiger partial charge in [0.05, 0.1) is 6.42 Å². The molecule has 3 rings (SSSR count). The van der Waals surface area contributed by atoms with E-state index in [2.05, 4.69) is 17.1 Å². The second kappa shape index (κ2) is 5.35. The normalized spacial score (nSPS) is 28.5. The van der Waals surface area contributed by atoms with E-state index >= 15 is 0 Å². The van der Waals surface area contributed by atoms with Crippen LogP contribution in [0.25, 0.3) is 0 Å². The fourth-order valence-electron chi connectivity index (χ4n) is 2.83. The molecule has 0 radical (unpaired) electrons. The Kier molecular flexibility index (Phi) is 3.64. The fraction of sp³-hybridized carbons (Fsp3) is 0.375. The van der Waals surface area contributed by atoms with Gasteiger partial charge in [-0.25, -0.2) is 4.99 Å². The molecule has 5 nitrogen and oxygen atoms in total. The quantitative estimate of drug-likeness (QED) is 0.816. The number of nitrogens with two attached hydrogens (primary N) is 2. The van der Waals surface area contributed by atoms with Crippen LogP contribution in [-0.4, -0.2) is 35.1 Å². The third-order valence-corrected chi connectivity index (χ3v) is 5.63. The Morgan fingerprint density at radius 1 is 1.41 bits per heavy atom. The van der Waals surface area contributed by atoms with Crippen LogP contribution in [0.1, 0.15) is 24.8 Å². The zero-order valence-corrected chi connectivity index (χ0v) is 13.6. The van der Waals surface area contributed by atoms with Gasteiger partial charge in [-0.3, -0.25) is 9.69 Å². The van der Waals surface area contributed by atoms with E-state index < -0.39 is 5.54 Å². The van der Waals surface area contributed by atoms with Crippen molar-refractivity contribution in [2.45, 2.75) is 24.8 Å². The minimum atomic E-state index is -0.548. The van der Waals surface area contributed by atoms with Gasteiger partial charge in [0, 0.05) is 29.3 Å². The maximum Gasteiger partial charge on any atom is 0.231 e. The second-order valence-corrected chi connectivity index (χ2v) is 7.05. The summed E-state index contributed by atoms with van der Waals surface area (Å²) in [5.74, 6) is 1.52. The second-order valence-electron chi connectivity index (χ2n) is 5.99. The minimum Gasteiger partial charge on any atom is -0.399 e. The monoisotopic (exact) mass is 316 g/mol. The summed E-state index contributed by atoms with van der Waals surface area (Å²) in [6.45, 7) is 1.98. The fourth-order valence-corrected chi connectivity index (χ4v) is 4.16. The molecular formula is C16H20N4OS. The van der Waals surface area contributed by atoms with E-state index in [0.717, 1.165) is 16.3 Å². The SMILES string of the molecule is CN1C(=O)C[C@@](C)(C2=CC(c3cccc(N)c3)CS2)N=C1N. The van der Waals surface area contributed by atoms with Gasteiger partial charge in [0.1, 0.15) is 5.54 Å². The molecule has 1 unspecified atom stereocenters. The Labute approximate surface area is 134 Å². The first-order valence-corrected chi connectivity index (χ1v) is 8.20. The number of guanidine groups is 1. The molecule has 2 aliphatic heterocycles. The average Bonchev–Trinajstić information content (AvgIpc) is 2.95. The molecule has 2 aliphatic rings. The Bertz CT molecular complexity index is 684. The van der Waals surface area contributed by atoms with Gasteiger partial charge >= 0.3 is 0 Å². The van der Waals surface area contributed by atoms with E-state index in [-0.39, 0.29) is 11.9 Å². The summed E-state index contributed by atoms with van der Waals surface area (Å²) in [6, 6.07) is 7.95. The van der Waals surface area contributed by atoms with E-state index in [1.54, 1.807) is 18.8 Å². The van der Waals surface area contributed by atoms with Gasteiger partial charge < -0.3 is 11.5 Å². The summed E-state index contributed by atoms with van der Waals surface area (Å²) in [5, 5.41) is 0. The smallest absolute Gasteiger partial charge is 0.231 e. The van der Waals surface area contributed by atoms with Gasteiger partial charge in [-0.2, -0.15) is 0 Å². The van der Waals surface area contributed by atoms with Crippen LogP contribution >= 0.6 is 11.8 Å². The van der Waals surface area contributed by atoms with Crippen molar-refractivity contribution in [3.05, 3.63) is 40.8 Å². The maximum absolute atomic E-state index is 12.1. The molecular weight excluding hydrogens is 296 g/mol. The van der Waals surface area contributed by atoms with Crippen molar-refractivity contribution in [2.75, 3.05) is 18.5 Å². The largest absolute Gasteiger partial charge is 0.399 e. The number of rotatable bonds is 2. The van der Waals surface area contributed by atoms with Crippen LogP contribution in [0.3, 0.4) is 0 Å². The first-order chi connectivity index (χ1) is 10.4. The summed E-state index contributed by atoms with van der Waals surface area (Å²) in [5.41, 5.74) is 13.2. The molecule has 0 bridgehead atoms. The summed E-state index contributed by atoms with van der Waals surface area (Å²) in [7, 11) is 1.66. The highest BCUT2D eigenvalue weighted by molar-refractivity contribution is 8.03. The van der Waals surface area contributed by atoms with E-state index in [9.17, 15) is 4.79 Å². The molecule has 0 aliphatic carbocycles. The lowest BCUT2D eigenvalue weighted by molar-refractivity contribution is -0.128. The Morgan fingerprint density at radius 2 is 2.18 bits per heavy atom. The van der Waals surface area contributed by atoms with Crippen LogP contribution < -0.4 is 11.5 Å². The van der Waals surface area contributed by atoms with Gasteiger partial charge in [0.2, 0.25) is 5.91 Å². The third-order valence-electron chi connectivity index (χ3n) is 4.22. The van der Waals surface area contributed by atoms with Crippen molar-refractivity contribution in [1.82, 2.24) is 4.90 Å². The van der Waals surface area contributed by atoms with Crippen molar-refractivity contribution >= 4 is 29.3 Å². The van der Waals surface area contributed by atoms with Crippen LogP contribution in [-0.2, 0) is 4.79 Å². The van der Waals surface area contributed by atoms with Gasteiger partial charge in [0.15, 0.2) is 5.96 Å². The number of amides is 1. The molecule has 116 valence electrons. The van der Waals surface area contributed by atoms with Crippen LogP contribution in [0, 0.1) is 0 Å². The summed E-state index contributed by atoms with van der Waals surface area (Å²) in [6.07, 6.45) is 2.56. The molecule has 4 N–H and O–H groups in total. The number of nitrogens with zero attached hydrogens (tertiary/aromatic N) is 2. The zero-order chi connectivity index (χ0) is 15.9. The molecule has 0 aromatic heterocycles. The molecule has 2 heterocycles. The van der Waals surface area contributed by atoms with E-state index in [4.69, 9.17) is 11.5 Å². The Hall–Kier alpha value is -1.95. The van der Waals surface area contributed by atoms with Gasteiger partial charge in [-0.1, -0.05) is 18.2 Å². The number of anilines is 1. The van der Waals surface area contributed by atoms with E-state index in [1.165, 1.54) is 10.5 Å². The lowest BCUT2D eigenvalue weighted by atomic mass is 9.92. The highest BCUT2D eigenvalue weighted by Crippen LogP contribution is 2.45. The highest BCUT2D eigenvalue weighted by atomic mass is 32.2. The number of hydrogen-bond acceptors (Lipinski definition) is 5. The van der Waals surface area contributed by atoms with Crippen LogP contribution in [0.2, 0.25) is 0 Å². The molecule has 1 aromatic carbocycles. The molecule has 22 heavy (non-hydrogen) atoms. The number of carbonyl (C=O) groups excluding carboxylic acids is 1. The van der Waals surface area contributed by atoms with Crippen LogP contribution in [0.4, 0.5) is 5.69 Å². The van der Waals surface area contributed by atoms with Gasteiger partial charge in [-0.05, 0) is 24.6 Å². The Balaban J connectivity index is 1.90. The first kappa shape index (κ1) is 15.0. The van der Waals surface area contributed by atoms with Crippen molar-refractivity contribution in [1.29, 1.82) is 0 Å². The summed E-state index contributed by atoms with van der Waals surface area (Å²) >= 11 is 1.75. The molecule has 1 amide bonds. The number of allylic oxidation sites excluding steroid dienone is 1. The Morgan fingerprint density at radius 3 is 2.86 bits per heavy atom. The van der Waals surface area contributed by atoms with Gasteiger partial charge in [-0.15, -0.1) is 11.8 Å². The van der Waals surface area contributed by atoms with E-state index in [0.29, 0.717) is 12.3 Å². The predicted octanol–water partition coefficient (Wildman–Crippen LogP) is 1.92.